The molecule has 1 unspecified atom stereocenters. The molecule has 0 aromatic heterocycles. The minimum absolute atomic E-state index is 0.0690. The minimum atomic E-state index is -0.146. The number of nitrogens with zero attached hydrogens (tertiary/aromatic N) is 1. The fourth-order valence-electron chi connectivity index (χ4n) is 3.80. The molecule has 2 aromatic carbocycles. The Labute approximate surface area is 182 Å². The number of hydrogen-bond donors (Lipinski definition) is 1. The van der Waals surface area contributed by atoms with E-state index in [2.05, 4.69) is 5.32 Å². The molecule has 1 saturated heterocycles. The molecule has 5 nitrogen and oxygen atoms in total. The van der Waals surface area contributed by atoms with Crippen LogP contribution in [0.1, 0.15) is 54.6 Å². The predicted octanol–water partition coefficient (Wildman–Crippen LogP) is 4.61. The first-order valence-corrected chi connectivity index (χ1v) is 11.0. The summed E-state index contributed by atoms with van der Waals surface area (Å²) >= 11 is 5.93. The molecule has 1 atom stereocenters. The molecule has 2 aliphatic rings. The van der Waals surface area contributed by atoms with Crippen LogP contribution in [0, 0.1) is 5.92 Å². The number of carbonyl (C=O) groups excluding carboxylic acids is 2. The molecule has 0 radical (unpaired) electrons. The fourth-order valence-corrected chi connectivity index (χ4v) is 3.93. The summed E-state index contributed by atoms with van der Waals surface area (Å²) in [6.07, 6.45) is 3.80. The Morgan fingerprint density at radius 3 is 2.43 bits per heavy atom. The minimum Gasteiger partial charge on any atom is -0.490 e. The third-order valence-corrected chi connectivity index (χ3v) is 6.05. The van der Waals surface area contributed by atoms with Crippen molar-refractivity contribution in [2.75, 3.05) is 13.1 Å². The number of amides is 2. The van der Waals surface area contributed by atoms with E-state index in [1.54, 1.807) is 12.1 Å². The molecule has 158 valence electrons. The number of hydrogen-bond acceptors (Lipinski definition) is 3. The lowest BCUT2D eigenvalue weighted by molar-refractivity contribution is -0.134. The van der Waals surface area contributed by atoms with Crippen LogP contribution in [0.3, 0.4) is 0 Å². The fraction of sp³-hybridized carbons (Fsp3) is 0.417. The van der Waals surface area contributed by atoms with E-state index in [0.29, 0.717) is 22.2 Å². The topological polar surface area (TPSA) is 58.6 Å². The van der Waals surface area contributed by atoms with Crippen molar-refractivity contribution in [3.63, 3.8) is 0 Å². The number of carbonyl (C=O) groups is 2. The van der Waals surface area contributed by atoms with E-state index in [4.69, 9.17) is 16.3 Å². The molecular weight excluding hydrogens is 400 g/mol. The average molecular weight is 427 g/mol. The molecule has 2 fully saturated rings. The summed E-state index contributed by atoms with van der Waals surface area (Å²) in [5.74, 6) is 1.12. The van der Waals surface area contributed by atoms with Gasteiger partial charge in [-0.2, -0.15) is 0 Å². The molecule has 1 aliphatic carbocycles. The first-order chi connectivity index (χ1) is 14.5. The largest absolute Gasteiger partial charge is 0.490 e. The Kier molecular flexibility index (Phi) is 6.28. The number of halogens is 1. The van der Waals surface area contributed by atoms with Crippen molar-refractivity contribution >= 4 is 23.4 Å². The Morgan fingerprint density at radius 2 is 1.77 bits per heavy atom. The van der Waals surface area contributed by atoms with Crippen molar-refractivity contribution in [2.45, 2.75) is 44.8 Å². The monoisotopic (exact) mass is 426 g/mol. The maximum Gasteiger partial charge on any atom is 0.251 e. The van der Waals surface area contributed by atoms with E-state index in [0.717, 1.165) is 44.3 Å². The highest BCUT2D eigenvalue weighted by atomic mass is 35.5. The van der Waals surface area contributed by atoms with Crippen molar-refractivity contribution in [3.8, 4) is 5.75 Å². The Bertz CT molecular complexity index is 903. The van der Waals surface area contributed by atoms with Crippen LogP contribution in [0.25, 0.3) is 0 Å². The molecular formula is C24H27ClN2O3. The van der Waals surface area contributed by atoms with Gasteiger partial charge in [0.1, 0.15) is 11.9 Å². The quantitative estimate of drug-likeness (QED) is 0.733. The summed E-state index contributed by atoms with van der Waals surface area (Å²) in [6.45, 7) is 3.44. The highest BCUT2D eigenvalue weighted by Gasteiger charge is 2.35. The first kappa shape index (κ1) is 20.7. The van der Waals surface area contributed by atoms with Crippen LogP contribution in [-0.4, -0.2) is 35.9 Å². The van der Waals surface area contributed by atoms with Gasteiger partial charge in [0.05, 0.1) is 6.04 Å². The van der Waals surface area contributed by atoms with Crippen molar-refractivity contribution in [2.24, 2.45) is 5.92 Å². The van der Waals surface area contributed by atoms with Crippen molar-refractivity contribution in [1.82, 2.24) is 10.2 Å². The summed E-state index contributed by atoms with van der Waals surface area (Å²) < 4.78 is 6.12. The van der Waals surface area contributed by atoms with Gasteiger partial charge < -0.3 is 15.0 Å². The normalized spacial score (nSPS) is 18.0. The van der Waals surface area contributed by atoms with Crippen LogP contribution in [0.15, 0.2) is 48.5 Å². The van der Waals surface area contributed by atoms with E-state index in [9.17, 15) is 9.59 Å². The predicted molar refractivity (Wildman–Crippen MR) is 117 cm³/mol. The van der Waals surface area contributed by atoms with Gasteiger partial charge in [-0.1, -0.05) is 29.8 Å². The molecule has 1 heterocycles. The smallest absolute Gasteiger partial charge is 0.251 e. The molecule has 0 spiro atoms. The van der Waals surface area contributed by atoms with Crippen LogP contribution >= 0.6 is 11.6 Å². The van der Waals surface area contributed by atoms with Crippen LogP contribution in [0.4, 0.5) is 0 Å². The van der Waals surface area contributed by atoms with Crippen LogP contribution in [0.2, 0.25) is 5.02 Å². The van der Waals surface area contributed by atoms with E-state index in [1.807, 2.05) is 48.2 Å². The Hall–Kier alpha value is -2.53. The third-order valence-electron chi connectivity index (χ3n) is 5.80. The lowest BCUT2D eigenvalue weighted by Gasteiger charge is -2.32. The molecule has 0 bridgehead atoms. The maximum absolute atomic E-state index is 12.7. The highest BCUT2D eigenvalue weighted by molar-refractivity contribution is 6.30. The van der Waals surface area contributed by atoms with Gasteiger partial charge in [0.2, 0.25) is 5.91 Å². The van der Waals surface area contributed by atoms with Crippen LogP contribution in [0.5, 0.6) is 5.75 Å². The molecule has 1 aliphatic heterocycles. The number of ether oxygens (including phenoxy) is 1. The van der Waals surface area contributed by atoms with Crippen LogP contribution in [-0.2, 0) is 4.79 Å². The van der Waals surface area contributed by atoms with Gasteiger partial charge in [-0.05, 0) is 55.7 Å². The lowest BCUT2D eigenvalue weighted by atomic mass is 10.1. The standard InChI is InChI=1S/C24H27ClN2O3/c1-16(17-7-9-20(25)10-8-17)26-23(28)19-3-2-4-22(15-19)30-21-11-13-27(14-12-21)24(29)18-5-6-18/h2-4,7-10,15-16,18,21H,5-6,11-14H2,1H3,(H,26,28). The molecule has 6 heteroatoms. The van der Waals surface area contributed by atoms with Crippen LogP contribution < -0.4 is 10.1 Å². The number of likely N-dealkylation sites (tertiary alicyclic amines) is 1. The van der Waals surface area contributed by atoms with E-state index < -0.39 is 0 Å². The number of piperidine rings is 1. The lowest BCUT2D eigenvalue weighted by Crippen LogP contribution is -2.42. The zero-order valence-electron chi connectivity index (χ0n) is 17.1. The van der Waals surface area contributed by atoms with Crippen molar-refractivity contribution in [3.05, 3.63) is 64.7 Å². The summed E-state index contributed by atoms with van der Waals surface area (Å²) in [4.78, 5) is 26.8. The molecule has 1 N–H and O–H groups in total. The zero-order valence-corrected chi connectivity index (χ0v) is 17.9. The SMILES string of the molecule is CC(NC(=O)c1cccc(OC2CCN(C(=O)C3CC3)CC2)c1)c1ccc(Cl)cc1. The van der Waals surface area contributed by atoms with Gasteiger partial charge in [-0.25, -0.2) is 0 Å². The Morgan fingerprint density at radius 1 is 1.07 bits per heavy atom. The van der Waals surface area contributed by atoms with E-state index >= 15 is 0 Å². The number of benzene rings is 2. The number of nitrogens with one attached hydrogen (secondary N) is 1. The number of rotatable bonds is 6. The van der Waals surface area contributed by atoms with Gasteiger partial charge >= 0.3 is 0 Å². The highest BCUT2D eigenvalue weighted by Crippen LogP contribution is 2.32. The second-order valence-electron chi connectivity index (χ2n) is 8.19. The maximum atomic E-state index is 12.7. The van der Waals surface area contributed by atoms with Gasteiger partial charge in [0, 0.05) is 42.4 Å². The second kappa shape index (κ2) is 9.09. The zero-order chi connectivity index (χ0) is 21.1. The van der Waals surface area contributed by atoms with Gasteiger partial charge in [0.15, 0.2) is 0 Å². The van der Waals surface area contributed by atoms with Crippen molar-refractivity contribution < 1.29 is 14.3 Å². The summed E-state index contributed by atoms with van der Waals surface area (Å²) in [5.41, 5.74) is 1.56. The Balaban J connectivity index is 1.31. The van der Waals surface area contributed by atoms with Gasteiger partial charge in [-0.3, -0.25) is 9.59 Å². The molecule has 30 heavy (non-hydrogen) atoms. The molecule has 2 amide bonds. The third kappa shape index (κ3) is 5.14. The van der Waals surface area contributed by atoms with E-state index in [1.165, 1.54) is 0 Å². The van der Waals surface area contributed by atoms with Gasteiger partial charge in [0.25, 0.3) is 5.91 Å². The second-order valence-corrected chi connectivity index (χ2v) is 8.63. The summed E-state index contributed by atoms with van der Waals surface area (Å²) in [5, 5.41) is 3.69. The summed E-state index contributed by atoms with van der Waals surface area (Å²) in [7, 11) is 0. The molecule has 4 rings (SSSR count). The average Bonchev–Trinajstić information content (AvgIpc) is 3.60. The van der Waals surface area contributed by atoms with E-state index in [-0.39, 0.29) is 24.0 Å². The van der Waals surface area contributed by atoms with Gasteiger partial charge in [-0.15, -0.1) is 0 Å². The first-order valence-electron chi connectivity index (χ1n) is 10.6. The molecule has 1 saturated carbocycles. The molecule has 2 aromatic rings. The summed E-state index contributed by atoms with van der Waals surface area (Å²) in [6, 6.07) is 14.6. The van der Waals surface area contributed by atoms with Crippen molar-refractivity contribution in [1.29, 1.82) is 0 Å².